The minimum Gasteiger partial charge on any atom is -0.108 e. The first-order valence-electron chi connectivity index (χ1n) is 10.4. The van der Waals surface area contributed by atoms with Crippen LogP contribution in [0.4, 0.5) is 0 Å². The van der Waals surface area contributed by atoms with Gasteiger partial charge in [-0.05, 0) is 88.8 Å². The largest absolute Gasteiger partial charge is 0.108 e. The quantitative estimate of drug-likeness (QED) is 0.439. The van der Waals surface area contributed by atoms with E-state index in [4.69, 9.17) is 0 Å². The van der Waals surface area contributed by atoms with Gasteiger partial charge in [-0.2, -0.15) is 0 Å². The molecule has 0 bridgehead atoms. The molecule has 3 aromatic carbocycles. The highest BCUT2D eigenvalue weighted by Gasteiger charge is 2.13. The van der Waals surface area contributed by atoms with E-state index >= 15 is 0 Å². The zero-order valence-corrected chi connectivity index (χ0v) is 17.9. The van der Waals surface area contributed by atoms with Gasteiger partial charge < -0.3 is 0 Å². The molecule has 0 aromatic heterocycles. The standard InChI is InChI=1S/C30H26.CH4/c1-5-24(25-12-8-6-9-13-25)19-29-21(2)18-28-17-16-27(26-14-10-7-11-15-26)20-30(28)23(4)22(29)3;/h5-17,19-20H,3H2,1-2,4H3;1H4/b24-5+,29-19-;. The maximum atomic E-state index is 4.48. The third kappa shape index (κ3) is 4.45. The summed E-state index contributed by atoms with van der Waals surface area (Å²) < 4.78 is 0. The second-order valence-corrected chi connectivity index (χ2v) is 7.65. The molecular weight excluding hydrogens is 372 g/mol. The molecule has 3 aromatic rings. The lowest BCUT2D eigenvalue weighted by atomic mass is 9.91. The number of allylic oxidation sites excluding steroid dienone is 6. The van der Waals surface area contributed by atoms with E-state index < -0.39 is 0 Å². The first-order chi connectivity index (χ1) is 14.6. The number of fused-ring (bicyclic) bond motifs is 1. The van der Waals surface area contributed by atoms with Crippen LogP contribution in [0.5, 0.6) is 0 Å². The molecule has 0 amide bonds. The summed E-state index contributed by atoms with van der Waals surface area (Å²) in [4.78, 5) is 0. The van der Waals surface area contributed by atoms with Gasteiger partial charge in [0, 0.05) is 5.22 Å². The molecule has 0 atom stereocenters. The SMILES string of the molecule is C.C=C1C(C)=c2cc(-c3ccccc3)ccc2=C=C(C)/C1=C/C(=C\C)c1ccccc1. The predicted octanol–water partition coefficient (Wildman–Crippen LogP) is 7.09. The highest BCUT2D eigenvalue weighted by atomic mass is 14.2. The van der Waals surface area contributed by atoms with E-state index in [-0.39, 0.29) is 7.43 Å². The van der Waals surface area contributed by atoms with Crippen LogP contribution in [0, 0.1) is 0 Å². The van der Waals surface area contributed by atoms with Crippen LogP contribution in [0.1, 0.15) is 33.8 Å². The van der Waals surface area contributed by atoms with E-state index in [9.17, 15) is 0 Å². The highest BCUT2D eigenvalue weighted by molar-refractivity contribution is 5.83. The van der Waals surface area contributed by atoms with Gasteiger partial charge in [0.15, 0.2) is 0 Å². The molecule has 0 saturated carbocycles. The van der Waals surface area contributed by atoms with Crippen LogP contribution in [0.15, 0.2) is 114 Å². The summed E-state index contributed by atoms with van der Waals surface area (Å²) in [7, 11) is 0. The number of benzene rings is 3. The average molecular weight is 403 g/mol. The van der Waals surface area contributed by atoms with Crippen molar-refractivity contribution in [3.05, 3.63) is 130 Å². The summed E-state index contributed by atoms with van der Waals surface area (Å²) in [5.41, 5.74) is 13.0. The van der Waals surface area contributed by atoms with Gasteiger partial charge in [0.05, 0.1) is 0 Å². The molecule has 31 heavy (non-hydrogen) atoms. The Kier molecular flexibility index (Phi) is 6.75. The summed E-state index contributed by atoms with van der Waals surface area (Å²) in [6.45, 7) is 10.9. The summed E-state index contributed by atoms with van der Waals surface area (Å²) in [5.74, 6) is 0. The average Bonchev–Trinajstić information content (AvgIpc) is 2.88. The van der Waals surface area contributed by atoms with Crippen LogP contribution in [0.2, 0.25) is 0 Å². The summed E-state index contributed by atoms with van der Waals surface area (Å²) >= 11 is 0. The second kappa shape index (κ2) is 9.47. The van der Waals surface area contributed by atoms with Gasteiger partial charge in [0.25, 0.3) is 0 Å². The molecule has 1 aliphatic carbocycles. The van der Waals surface area contributed by atoms with Crippen molar-refractivity contribution < 1.29 is 0 Å². The number of hydrogen-bond acceptors (Lipinski definition) is 0. The molecule has 154 valence electrons. The van der Waals surface area contributed by atoms with Gasteiger partial charge >= 0.3 is 0 Å². The first-order valence-corrected chi connectivity index (χ1v) is 10.4. The minimum atomic E-state index is 0. The fourth-order valence-electron chi connectivity index (χ4n) is 3.95. The molecular formula is C31H30. The van der Waals surface area contributed by atoms with E-state index in [1.165, 1.54) is 33.1 Å². The molecule has 0 heterocycles. The van der Waals surface area contributed by atoms with Crippen molar-refractivity contribution in [1.29, 1.82) is 0 Å². The lowest BCUT2D eigenvalue weighted by Gasteiger charge is -2.12. The molecule has 0 aliphatic heterocycles. The smallest absolute Gasteiger partial charge is 0.0243 e. The Morgan fingerprint density at radius 1 is 0.839 bits per heavy atom. The van der Waals surface area contributed by atoms with Gasteiger partial charge in [0.1, 0.15) is 0 Å². The third-order valence-electron chi connectivity index (χ3n) is 5.75. The summed E-state index contributed by atoms with van der Waals surface area (Å²) in [6.07, 6.45) is 4.40. The second-order valence-electron chi connectivity index (χ2n) is 7.65. The normalized spacial score (nSPS) is 14.9. The molecule has 0 saturated heterocycles. The van der Waals surface area contributed by atoms with Gasteiger partial charge in [-0.25, -0.2) is 0 Å². The maximum absolute atomic E-state index is 4.48. The Balaban J connectivity index is 0.00000272. The number of rotatable bonds is 3. The lowest BCUT2D eigenvalue weighted by molar-refractivity contribution is 1.40. The fraction of sp³-hybridized carbons (Fsp3) is 0.129. The van der Waals surface area contributed by atoms with Gasteiger partial charge in [-0.15, -0.1) is 5.73 Å². The van der Waals surface area contributed by atoms with E-state index in [0.29, 0.717) is 0 Å². The molecule has 4 rings (SSSR count). The van der Waals surface area contributed by atoms with Crippen molar-refractivity contribution in [3.63, 3.8) is 0 Å². The van der Waals surface area contributed by atoms with E-state index in [0.717, 1.165) is 21.9 Å². The van der Waals surface area contributed by atoms with Crippen molar-refractivity contribution in [1.82, 2.24) is 0 Å². The van der Waals surface area contributed by atoms with Gasteiger partial charge in [0.2, 0.25) is 0 Å². The number of hydrogen-bond donors (Lipinski definition) is 0. The van der Waals surface area contributed by atoms with Crippen LogP contribution >= 0.6 is 0 Å². The Morgan fingerprint density at radius 2 is 1.48 bits per heavy atom. The van der Waals surface area contributed by atoms with Crippen molar-refractivity contribution in [3.8, 4) is 11.1 Å². The fourth-order valence-corrected chi connectivity index (χ4v) is 3.95. The molecule has 0 spiro atoms. The summed E-state index contributed by atoms with van der Waals surface area (Å²) in [6, 6.07) is 27.6. The Bertz CT molecular complexity index is 1320. The van der Waals surface area contributed by atoms with E-state index in [1.807, 2.05) is 6.07 Å². The Morgan fingerprint density at radius 3 is 2.13 bits per heavy atom. The Labute approximate surface area is 186 Å². The molecule has 0 heteroatoms. The zero-order valence-electron chi connectivity index (χ0n) is 17.9. The van der Waals surface area contributed by atoms with Crippen LogP contribution < -0.4 is 10.4 Å². The van der Waals surface area contributed by atoms with E-state index in [2.05, 4.69) is 118 Å². The monoisotopic (exact) mass is 402 g/mol. The lowest BCUT2D eigenvalue weighted by Crippen LogP contribution is -2.25. The summed E-state index contributed by atoms with van der Waals surface area (Å²) in [5, 5.41) is 2.32. The van der Waals surface area contributed by atoms with Crippen LogP contribution in [0.25, 0.3) is 28.0 Å². The molecule has 0 unspecified atom stereocenters. The molecule has 0 nitrogen and oxygen atoms in total. The van der Waals surface area contributed by atoms with Gasteiger partial charge in [-0.1, -0.05) is 86.8 Å². The third-order valence-corrected chi connectivity index (χ3v) is 5.75. The Hall–Kier alpha value is -3.60. The van der Waals surface area contributed by atoms with Crippen LogP contribution in [-0.2, 0) is 0 Å². The maximum Gasteiger partial charge on any atom is 0.0243 e. The van der Waals surface area contributed by atoms with Crippen molar-refractivity contribution in [2.45, 2.75) is 28.2 Å². The minimum absolute atomic E-state index is 0. The van der Waals surface area contributed by atoms with Gasteiger partial charge in [-0.3, -0.25) is 0 Å². The van der Waals surface area contributed by atoms with E-state index in [1.54, 1.807) is 0 Å². The zero-order chi connectivity index (χ0) is 21.1. The first kappa shape index (κ1) is 22.1. The predicted molar refractivity (Wildman–Crippen MR) is 137 cm³/mol. The highest BCUT2D eigenvalue weighted by Crippen LogP contribution is 2.29. The molecule has 0 radical (unpaired) electrons. The molecule has 0 fully saturated rings. The van der Waals surface area contributed by atoms with Crippen molar-refractivity contribution in [2.75, 3.05) is 0 Å². The van der Waals surface area contributed by atoms with Crippen molar-refractivity contribution >= 4 is 16.9 Å². The van der Waals surface area contributed by atoms with Crippen molar-refractivity contribution in [2.24, 2.45) is 0 Å². The van der Waals surface area contributed by atoms with Crippen LogP contribution in [0.3, 0.4) is 0 Å². The molecule has 0 N–H and O–H groups in total. The molecule has 1 aliphatic rings. The van der Waals surface area contributed by atoms with Crippen LogP contribution in [-0.4, -0.2) is 0 Å². The topological polar surface area (TPSA) is 0 Å².